The van der Waals surface area contributed by atoms with Gasteiger partial charge in [0.25, 0.3) is 7.82 Å². The van der Waals surface area contributed by atoms with Crippen molar-refractivity contribution in [2.24, 2.45) is 0 Å². The summed E-state index contributed by atoms with van der Waals surface area (Å²) in [6.07, 6.45) is 27.8. The van der Waals surface area contributed by atoms with E-state index in [1.54, 1.807) is 0 Å². The van der Waals surface area contributed by atoms with Gasteiger partial charge >= 0.3 is 0 Å². The van der Waals surface area contributed by atoms with Gasteiger partial charge in [0.05, 0.1) is 39.9 Å². The number of phosphoric ester groups is 1. The van der Waals surface area contributed by atoms with Crippen LogP contribution < -0.4 is 10.2 Å². The van der Waals surface area contributed by atoms with Crippen LogP contribution in [0.4, 0.5) is 0 Å². The van der Waals surface area contributed by atoms with Crippen LogP contribution in [0.15, 0.2) is 12.2 Å². The van der Waals surface area contributed by atoms with Crippen molar-refractivity contribution in [3.05, 3.63) is 12.2 Å². The van der Waals surface area contributed by atoms with Crippen molar-refractivity contribution in [2.45, 2.75) is 167 Å². The highest BCUT2D eigenvalue weighted by Crippen LogP contribution is 2.38. The van der Waals surface area contributed by atoms with Crippen molar-refractivity contribution in [2.75, 3.05) is 40.9 Å². The largest absolute Gasteiger partial charge is 0.756 e. The summed E-state index contributed by atoms with van der Waals surface area (Å²) in [4.78, 5) is 25.1. The average molecular weight is 647 g/mol. The van der Waals surface area contributed by atoms with E-state index in [1.807, 2.05) is 21.1 Å². The number of allylic oxidation sites excluding steroid dienone is 2. The number of amides is 1. The standard InChI is InChI=1S/C35H71N2O6P/c1-6-8-10-12-14-16-18-20-22-24-26-28-34(38)33(32-43-44(40,41)42-31-30-37(3,4)5)36-35(39)29-27-25-23-21-19-17-15-13-11-9-7-2/h13,15,33-34,38H,6-12,14,16-32H2,1-5H3,(H-,36,39,40,41)/b15-13-. The average Bonchev–Trinajstić information content (AvgIpc) is 2.95. The van der Waals surface area contributed by atoms with Crippen molar-refractivity contribution >= 4 is 13.7 Å². The first-order valence-corrected chi connectivity index (χ1v) is 19.5. The van der Waals surface area contributed by atoms with Gasteiger partial charge in [-0.3, -0.25) is 9.36 Å². The summed E-state index contributed by atoms with van der Waals surface area (Å²) in [5.41, 5.74) is 0. The van der Waals surface area contributed by atoms with Gasteiger partial charge in [-0.1, -0.05) is 129 Å². The zero-order valence-corrected chi connectivity index (χ0v) is 30.3. The van der Waals surface area contributed by atoms with E-state index >= 15 is 0 Å². The molecule has 0 saturated heterocycles. The number of carbonyl (C=O) groups excluding carboxylic acids is 1. The molecule has 0 aliphatic carbocycles. The topological polar surface area (TPSA) is 108 Å². The summed E-state index contributed by atoms with van der Waals surface area (Å²) >= 11 is 0. The van der Waals surface area contributed by atoms with Gasteiger partial charge in [-0.2, -0.15) is 0 Å². The zero-order chi connectivity index (χ0) is 32.9. The zero-order valence-electron chi connectivity index (χ0n) is 29.4. The molecule has 0 saturated carbocycles. The fourth-order valence-corrected chi connectivity index (χ4v) is 5.74. The van der Waals surface area contributed by atoms with Crippen LogP contribution in [0.2, 0.25) is 0 Å². The van der Waals surface area contributed by atoms with E-state index in [0.717, 1.165) is 51.4 Å². The van der Waals surface area contributed by atoms with Crippen molar-refractivity contribution in [3.63, 3.8) is 0 Å². The Bertz CT molecular complexity index is 743. The third-order valence-corrected chi connectivity index (χ3v) is 8.97. The van der Waals surface area contributed by atoms with Crippen molar-refractivity contribution in [1.29, 1.82) is 0 Å². The van der Waals surface area contributed by atoms with Gasteiger partial charge in [0, 0.05) is 6.42 Å². The number of rotatable bonds is 32. The van der Waals surface area contributed by atoms with Crippen LogP contribution in [-0.4, -0.2) is 68.5 Å². The van der Waals surface area contributed by atoms with Gasteiger partial charge in [0.2, 0.25) is 5.91 Å². The molecule has 0 aromatic carbocycles. The molecule has 262 valence electrons. The highest BCUT2D eigenvalue weighted by molar-refractivity contribution is 7.45. The molecule has 0 fully saturated rings. The maximum atomic E-state index is 12.7. The Hall–Kier alpha value is -0.760. The van der Waals surface area contributed by atoms with Gasteiger partial charge in [0.15, 0.2) is 0 Å². The van der Waals surface area contributed by atoms with Gasteiger partial charge in [0.1, 0.15) is 13.2 Å². The molecule has 0 radical (unpaired) electrons. The number of nitrogens with one attached hydrogen (secondary N) is 1. The Labute approximate surface area is 272 Å². The van der Waals surface area contributed by atoms with Gasteiger partial charge in [-0.05, 0) is 32.1 Å². The van der Waals surface area contributed by atoms with Crippen molar-refractivity contribution in [3.8, 4) is 0 Å². The smallest absolute Gasteiger partial charge is 0.268 e. The molecule has 8 nitrogen and oxygen atoms in total. The molecule has 0 aromatic heterocycles. The summed E-state index contributed by atoms with van der Waals surface area (Å²) in [5, 5.41) is 13.8. The Morgan fingerprint density at radius 2 is 1.27 bits per heavy atom. The van der Waals surface area contributed by atoms with Crippen LogP contribution in [0.1, 0.15) is 155 Å². The van der Waals surface area contributed by atoms with Crippen LogP contribution >= 0.6 is 7.82 Å². The van der Waals surface area contributed by atoms with E-state index in [0.29, 0.717) is 23.9 Å². The quantitative estimate of drug-likeness (QED) is 0.0330. The number of likely N-dealkylation sites (N-methyl/N-ethyl adjacent to an activating group) is 1. The van der Waals surface area contributed by atoms with Crippen LogP contribution in [0, 0.1) is 0 Å². The summed E-state index contributed by atoms with van der Waals surface area (Å²) < 4.78 is 23.1. The Balaban J connectivity index is 4.53. The monoisotopic (exact) mass is 647 g/mol. The first-order valence-electron chi connectivity index (χ1n) is 18.0. The lowest BCUT2D eigenvalue weighted by Gasteiger charge is -2.30. The lowest BCUT2D eigenvalue weighted by molar-refractivity contribution is -0.870. The van der Waals surface area contributed by atoms with Gasteiger partial charge < -0.3 is 28.8 Å². The molecule has 3 unspecified atom stereocenters. The van der Waals surface area contributed by atoms with Crippen molar-refractivity contribution < 1.29 is 32.9 Å². The molecule has 0 aliphatic rings. The van der Waals surface area contributed by atoms with Gasteiger partial charge in [-0.25, -0.2) is 0 Å². The molecule has 0 rings (SSSR count). The molecule has 0 aromatic rings. The number of hydrogen-bond acceptors (Lipinski definition) is 6. The van der Waals surface area contributed by atoms with Crippen molar-refractivity contribution in [1.82, 2.24) is 5.32 Å². The second-order valence-electron chi connectivity index (χ2n) is 13.6. The number of phosphoric acid groups is 1. The molecule has 44 heavy (non-hydrogen) atoms. The Morgan fingerprint density at radius 3 is 1.84 bits per heavy atom. The third kappa shape index (κ3) is 29.9. The maximum Gasteiger partial charge on any atom is 0.268 e. The summed E-state index contributed by atoms with van der Waals surface area (Å²) in [7, 11) is 1.30. The van der Waals surface area contributed by atoms with E-state index in [9.17, 15) is 19.4 Å². The molecular formula is C35H71N2O6P. The van der Waals surface area contributed by atoms with E-state index in [1.165, 1.54) is 77.0 Å². The fraction of sp³-hybridized carbons (Fsp3) is 0.914. The van der Waals surface area contributed by atoms with E-state index in [2.05, 4.69) is 31.3 Å². The van der Waals surface area contributed by atoms with Crippen LogP contribution in [0.25, 0.3) is 0 Å². The highest BCUT2D eigenvalue weighted by Gasteiger charge is 2.24. The number of unbranched alkanes of at least 4 members (excludes halogenated alkanes) is 17. The number of quaternary nitrogens is 1. The molecule has 0 spiro atoms. The number of aliphatic hydroxyl groups excluding tert-OH is 1. The molecule has 0 aliphatic heterocycles. The number of aliphatic hydroxyl groups is 1. The first-order chi connectivity index (χ1) is 21.0. The minimum Gasteiger partial charge on any atom is -0.756 e. The number of hydrogen-bond donors (Lipinski definition) is 2. The lowest BCUT2D eigenvalue weighted by Crippen LogP contribution is -2.46. The normalized spacial score (nSPS) is 15.0. The summed E-state index contributed by atoms with van der Waals surface area (Å²) in [6, 6.07) is -0.797. The van der Waals surface area contributed by atoms with Crippen LogP contribution in [-0.2, 0) is 18.4 Å². The maximum absolute atomic E-state index is 12.7. The number of carbonyl (C=O) groups is 1. The number of nitrogens with zero attached hydrogens (tertiary/aromatic N) is 1. The Morgan fingerprint density at radius 1 is 0.773 bits per heavy atom. The van der Waals surface area contributed by atoms with E-state index in [-0.39, 0.29) is 19.1 Å². The second kappa shape index (κ2) is 28.5. The molecule has 0 bridgehead atoms. The van der Waals surface area contributed by atoms with Crippen LogP contribution in [0.5, 0.6) is 0 Å². The minimum absolute atomic E-state index is 0.0116. The molecule has 2 N–H and O–H groups in total. The lowest BCUT2D eigenvalue weighted by atomic mass is 10.0. The molecule has 0 heterocycles. The molecular weight excluding hydrogens is 575 g/mol. The fourth-order valence-electron chi connectivity index (χ4n) is 5.02. The molecule has 1 amide bonds. The Kier molecular flexibility index (Phi) is 28.0. The van der Waals surface area contributed by atoms with E-state index in [4.69, 9.17) is 9.05 Å². The molecule has 3 atom stereocenters. The highest BCUT2D eigenvalue weighted by atomic mass is 31.2. The first kappa shape index (κ1) is 43.2. The second-order valence-corrected chi connectivity index (χ2v) is 15.0. The predicted molar refractivity (Wildman–Crippen MR) is 182 cm³/mol. The summed E-state index contributed by atoms with van der Waals surface area (Å²) in [6.45, 7) is 4.63. The molecule has 9 heteroatoms. The third-order valence-electron chi connectivity index (χ3n) is 8.00. The SMILES string of the molecule is CCCC/C=C\CCCCCCCC(=O)NC(COP(=O)([O-])OCC[N+](C)(C)C)C(O)CCCCCCCCCCCCC. The van der Waals surface area contributed by atoms with Crippen LogP contribution in [0.3, 0.4) is 0 Å². The van der Waals surface area contributed by atoms with Gasteiger partial charge in [-0.15, -0.1) is 0 Å². The summed E-state index contributed by atoms with van der Waals surface area (Å²) in [5.74, 6) is -0.179. The minimum atomic E-state index is -4.55. The predicted octanol–water partition coefficient (Wildman–Crippen LogP) is 8.22. The van der Waals surface area contributed by atoms with E-state index < -0.39 is 20.0 Å².